The largest absolute Gasteiger partial charge is 0.394 e. The lowest BCUT2D eigenvalue weighted by molar-refractivity contribution is -0.303. The van der Waals surface area contributed by atoms with Crippen molar-refractivity contribution >= 4 is 5.91 Å². The number of ether oxygens (including phenoxy) is 2. The van der Waals surface area contributed by atoms with E-state index >= 15 is 0 Å². The van der Waals surface area contributed by atoms with E-state index in [9.17, 15) is 40.5 Å². The summed E-state index contributed by atoms with van der Waals surface area (Å²) >= 11 is 0. The molecule has 11 nitrogen and oxygen atoms in total. The Morgan fingerprint density at radius 2 is 1.20 bits per heavy atom. The van der Waals surface area contributed by atoms with Gasteiger partial charge in [-0.15, -0.1) is 0 Å². The minimum atomic E-state index is -1.67. The van der Waals surface area contributed by atoms with Crippen molar-refractivity contribution in [1.82, 2.24) is 5.32 Å². The average molecular weight is 716 g/mol. The van der Waals surface area contributed by atoms with Crippen LogP contribution in [0.3, 0.4) is 0 Å². The predicted octanol–water partition coefficient (Wildman–Crippen LogP) is 4.71. The lowest BCUT2D eigenvalue weighted by Crippen LogP contribution is -2.60. The highest BCUT2D eigenvalue weighted by molar-refractivity contribution is 5.80. The van der Waals surface area contributed by atoms with Gasteiger partial charge in [0.05, 0.1) is 25.4 Å². The molecular formula is C39H73NO10. The molecule has 9 atom stereocenters. The zero-order valence-electron chi connectivity index (χ0n) is 31.1. The predicted molar refractivity (Wildman–Crippen MR) is 196 cm³/mol. The summed E-state index contributed by atoms with van der Waals surface area (Å²) in [4.78, 5) is 13.0. The molecule has 1 fully saturated rings. The van der Waals surface area contributed by atoms with Gasteiger partial charge in [-0.1, -0.05) is 115 Å². The molecule has 0 aliphatic carbocycles. The van der Waals surface area contributed by atoms with Crippen LogP contribution in [-0.4, -0.2) is 110 Å². The van der Waals surface area contributed by atoms with Gasteiger partial charge in [0.15, 0.2) is 6.29 Å². The minimum absolute atomic E-state index is 0.238. The van der Waals surface area contributed by atoms with Crippen LogP contribution in [0, 0.1) is 0 Å². The number of aliphatic hydroxyl groups excluding tert-OH is 7. The highest BCUT2D eigenvalue weighted by Crippen LogP contribution is 2.23. The normalized spacial score (nSPS) is 23.7. The molecule has 8 N–H and O–H groups in total. The van der Waals surface area contributed by atoms with E-state index < -0.39 is 74.2 Å². The lowest BCUT2D eigenvalue weighted by Gasteiger charge is -2.40. The molecule has 0 spiro atoms. The molecule has 1 rings (SSSR count). The molecule has 0 aromatic rings. The molecule has 1 saturated heterocycles. The SMILES string of the molecule is CCCC/C=C\CCCCCCC(O)C(=O)NC(COC1OC(CO)C(O)C(O)C1O)C(O)C(O)CCC/C=C/CCCCCCCCCC. The average Bonchev–Trinajstić information content (AvgIpc) is 3.11. The van der Waals surface area contributed by atoms with Gasteiger partial charge in [-0.2, -0.15) is 0 Å². The monoisotopic (exact) mass is 716 g/mol. The first-order chi connectivity index (χ1) is 24.2. The first-order valence-electron chi connectivity index (χ1n) is 19.7. The van der Waals surface area contributed by atoms with Crippen LogP contribution in [0.2, 0.25) is 0 Å². The number of amides is 1. The molecule has 0 aromatic carbocycles. The summed E-state index contributed by atoms with van der Waals surface area (Å²) in [5, 5.41) is 75.1. The second-order valence-electron chi connectivity index (χ2n) is 14.0. The second-order valence-corrected chi connectivity index (χ2v) is 14.0. The van der Waals surface area contributed by atoms with Crippen LogP contribution in [0.4, 0.5) is 0 Å². The fraction of sp³-hybridized carbons (Fsp3) is 0.872. The zero-order chi connectivity index (χ0) is 37.0. The molecule has 294 valence electrons. The Bertz CT molecular complexity index is 872. The molecule has 1 heterocycles. The van der Waals surface area contributed by atoms with Crippen molar-refractivity contribution in [3.63, 3.8) is 0 Å². The molecule has 1 aliphatic heterocycles. The van der Waals surface area contributed by atoms with E-state index in [1.54, 1.807) is 0 Å². The van der Waals surface area contributed by atoms with Gasteiger partial charge in [0, 0.05) is 0 Å². The van der Waals surface area contributed by atoms with Crippen molar-refractivity contribution < 1.29 is 50.0 Å². The second kappa shape index (κ2) is 30.1. The number of aliphatic hydroxyl groups is 7. The zero-order valence-corrected chi connectivity index (χ0v) is 31.1. The molecule has 0 radical (unpaired) electrons. The number of carbonyl (C=O) groups is 1. The van der Waals surface area contributed by atoms with Gasteiger partial charge in [-0.3, -0.25) is 4.79 Å². The molecule has 11 heteroatoms. The summed E-state index contributed by atoms with van der Waals surface area (Å²) in [6.45, 7) is 3.32. The Morgan fingerprint density at radius 1 is 0.680 bits per heavy atom. The Kier molecular flexibility index (Phi) is 28.1. The van der Waals surface area contributed by atoms with E-state index in [-0.39, 0.29) is 12.8 Å². The van der Waals surface area contributed by atoms with Crippen LogP contribution in [-0.2, 0) is 14.3 Å². The van der Waals surface area contributed by atoms with Crippen molar-refractivity contribution in [2.75, 3.05) is 13.2 Å². The number of carbonyl (C=O) groups excluding carboxylic acids is 1. The van der Waals surface area contributed by atoms with Gasteiger partial charge in [-0.05, 0) is 57.8 Å². The van der Waals surface area contributed by atoms with Crippen LogP contribution >= 0.6 is 0 Å². The Morgan fingerprint density at radius 3 is 1.78 bits per heavy atom. The highest BCUT2D eigenvalue weighted by atomic mass is 16.7. The molecule has 0 saturated carbocycles. The lowest BCUT2D eigenvalue weighted by atomic mass is 9.98. The van der Waals surface area contributed by atoms with E-state index in [4.69, 9.17) is 9.47 Å². The van der Waals surface area contributed by atoms with Crippen molar-refractivity contribution in [1.29, 1.82) is 0 Å². The highest BCUT2D eigenvalue weighted by Gasteiger charge is 2.44. The third-order valence-electron chi connectivity index (χ3n) is 9.48. The van der Waals surface area contributed by atoms with Crippen molar-refractivity contribution in [2.45, 2.75) is 204 Å². The summed E-state index contributed by atoms with van der Waals surface area (Å²) in [6.07, 6.45) is 18.2. The number of rotatable bonds is 31. The minimum Gasteiger partial charge on any atom is -0.394 e. The number of nitrogens with one attached hydrogen (secondary N) is 1. The van der Waals surface area contributed by atoms with Crippen molar-refractivity contribution in [3.05, 3.63) is 24.3 Å². The topological polar surface area (TPSA) is 189 Å². The Labute approximate surface area is 302 Å². The van der Waals surface area contributed by atoms with Crippen molar-refractivity contribution in [3.8, 4) is 0 Å². The van der Waals surface area contributed by atoms with E-state index in [1.165, 1.54) is 57.8 Å². The number of hydrogen-bond acceptors (Lipinski definition) is 10. The van der Waals surface area contributed by atoms with E-state index in [1.807, 2.05) is 0 Å². The van der Waals surface area contributed by atoms with Crippen LogP contribution in [0.25, 0.3) is 0 Å². The van der Waals surface area contributed by atoms with Gasteiger partial charge in [0.25, 0.3) is 0 Å². The third-order valence-corrected chi connectivity index (χ3v) is 9.48. The summed E-state index contributed by atoms with van der Waals surface area (Å²) < 4.78 is 11.0. The van der Waals surface area contributed by atoms with Gasteiger partial charge in [-0.25, -0.2) is 0 Å². The molecule has 0 bridgehead atoms. The van der Waals surface area contributed by atoms with Crippen LogP contribution in [0.15, 0.2) is 24.3 Å². The fourth-order valence-electron chi connectivity index (χ4n) is 6.07. The number of allylic oxidation sites excluding steroid dienone is 4. The van der Waals surface area contributed by atoms with E-state index in [0.717, 1.165) is 51.4 Å². The first-order valence-corrected chi connectivity index (χ1v) is 19.7. The fourth-order valence-corrected chi connectivity index (χ4v) is 6.07. The maximum atomic E-state index is 13.0. The smallest absolute Gasteiger partial charge is 0.249 e. The number of hydrogen-bond donors (Lipinski definition) is 8. The van der Waals surface area contributed by atoms with Gasteiger partial charge >= 0.3 is 0 Å². The maximum Gasteiger partial charge on any atom is 0.249 e. The van der Waals surface area contributed by atoms with Crippen LogP contribution in [0.1, 0.15) is 149 Å². The Balaban J connectivity index is 2.60. The summed E-state index contributed by atoms with van der Waals surface area (Å²) in [5.41, 5.74) is 0. The molecule has 1 amide bonds. The summed E-state index contributed by atoms with van der Waals surface area (Å²) in [6, 6.07) is -1.18. The Hall–Kier alpha value is -1.41. The number of unbranched alkanes of at least 4 members (excludes halogenated alkanes) is 15. The standard InChI is InChI=1S/C39H73NO10/c1-3-5-7-9-11-13-15-16-17-19-20-22-24-26-31(42)34(44)30(29-49-39-37(47)36(46)35(45)33(28-41)50-39)40-38(48)32(43)27-25-23-21-18-14-12-10-8-6-4-2/h10,12,19-20,30-37,39,41-47H,3-9,11,13-18,21-29H2,1-2H3,(H,40,48)/b12-10-,20-19+. The molecule has 1 aliphatic rings. The maximum absolute atomic E-state index is 13.0. The molecular weight excluding hydrogens is 642 g/mol. The summed E-state index contributed by atoms with van der Waals surface area (Å²) in [7, 11) is 0. The van der Waals surface area contributed by atoms with E-state index in [0.29, 0.717) is 12.8 Å². The molecule has 0 aromatic heterocycles. The molecule has 9 unspecified atom stereocenters. The van der Waals surface area contributed by atoms with E-state index in [2.05, 4.69) is 43.5 Å². The van der Waals surface area contributed by atoms with Crippen LogP contribution in [0.5, 0.6) is 0 Å². The van der Waals surface area contributed by atoms with Crippen molar-refractivity contribution in [2.24, 2.45) is 0 Å². The molecule has 50 heavy (non-hydrogen) atoms. The summed E-state index contributed by atoms with van der Waals surface area (Å²) in [5.74, 6) is -0.721. The quantitative estimate of drug-likeness (QED) is 0.0369. The van der Waals surface area contributed by atoms with Gasteiger partial charge in [0.1, 0.15) is 36.6 Å². The third kappa shape index (κ3) is 20.6. The van der Waals surface area contributed by atoms with Crippen LogP contribution < -0.4 is 5.32 Å². The van der Waals surface area contributed by atoms with Gasteiger partial charge < -0.3 is 50.5 Å². The van der Waals surface area contributed by atoms with Gasteiger partial charge in [0.2, 0.25) is 5.91 Å². The first kappa shape index (κ1) is 46.6.